The minimum atomic E-state index is -0.265. The molecule has 0 saturated carbocycles. The highest BCUT2D eigenvalue weighted by atomic mass is 32.1. The molecule has 4 nitrogen and oxygen atoms in total. The van der Waals surface area contributed by atoms with Crippen molar-refractivity contribution in [1.29, 1.82) is 0 Å². The van der Waals surface area contributed by atoms with Crippen molar-refractivity contribution in [2.75, 3.05) is 19.5 Å². The molecule has 0 aliphatic carbocycles. The lowest BCUT2D eigenvalue weighted by atomic mass is 10.1. The van der Waals surface area contributed by atoms with Crippen LogP contribution in [0.3, 0.4) is 0 Å². The second-order valence-electron chi connectivity index (χ2n) is 6.54. The van der Waals surface area contributed by atoms with E-state index in [1.807, 2.05) is 39.1 Å². The summed E-state index contributed by atoms with van der Waals surface area (Å²) in [5.41, 5.74) is 3.03. The van der Waals surface area contributed by atoms with Crippen molar-refractivity contribution >= 4 is 33.0 Å². The van der Waals surface area contributed by atoms with Crippen LogP contribution in [0.1, 0.15) is 18.1 Å². The number of amides is 1. The monoisotopic (exact) mass is 368 g/mol. The zero-order valence-corrected chi connectivity index (χ0v) is 16.4. The topological polar surface area (TPSA) is 41.6 Å². The fraction of sp³-hybridized carbons (Fsp3) is 0.286. The van der Waals surface area contributed by atoms with Crippen LogP contribution in [0.15, 0.2) is 47.8 Å². The molecular formula is C21H24N2O2S. The van der Waals surface area contributed by atoms with Crippen LogP contribution in [0.25, 0.3) is 10.1 Å². The van der Waals surface area contributed by atoms with E-state index in [1.165, 1.54) is 15.6 Å². The van der Waals surface area contributed by atoms with Gasteiger partial charge in [0.25, 0.3) is 0 Å². The van der Waals surface area contributed by atoms with Crippen molar-refractivity contribution in [3.63, 3.8) is 0 Å². The van der Waals surface area contributed by atoms with E-state index in [0.717, 1.165) is 12.1 Å². The van der Waals surface area contributed by atoms with Gasteiger partial charge in [-0.25, -0.2) is 0 Å². The van der Waals surface area contributed by atoms with Gasteiger partial charge in [0, 0.05) is 11.2 Å². The molecule has 0 bridgehead atoms. The van der Waals surface area contributed by atoms with Gasteiger partial charge < -0.3 is 10.1 Å². The van der Waals surface area contributed by atoms with E-state index < -0.39 is 0 Å². The van der Waals surface area contributed by atoms with Gasteiger partial charge in [-0.3, -0.25) is 9.69 Å². The highest BCUT2D eigenvalue weighted by Crippen LogP contribution is 2.28. The van der Waals surface area contributed by atoms with Gasteiger partial charge in [0.2, 0.25) is 5.91 Å². The molecule has 3 aromatic rings. The number of carbonyl (C=O) groups excluding carboxylic acids is 1. The molecule has 0 aliphatic heterocycles. The number of hydrogen-bond donors (Lipinski definition) is 1. The van der Waals surface area contributed by atoms with Gasteiger partial charge in [0.05, 0.1) is 18.8 Å². The van der Waals surface area contributed by atoms with Gasteiger partial charge in [0.1, 0.15) is 5.75 Å². The van der Waals surface area contributed by atoms with Crippen molar-refractivity contribution in [1.82, 2.24) is 4.90 Å². The third-order valence-corrected chi connectivity index (χ3v) is 5.65. The predicted octanol–water partition coefficient (Wildman–Crippen LogP) is 4.68. The fourth-order valence-electron chi connectivity index (χ4n) is 2.92. The van der Waals surface area contributed by atoms with Crippen molar-refractivity contribution in [2.45, 2.75) is 26.4 Å². The van der Waals surface area contributed by atoms with E-state index in [0.29, 0.717) is 11.4 Å². The second kappa shape index (κ2) is 7.89. The van der Waals surface area contributed by atoms with E-state index in [-0.39, 0.29) is 11.9 Å². The molecule has 1 amide bonds. The van der Waals surface area contributed by atoms with Crippen LogP contribution in [-0.4, -0.2) is 31.0 Å². The lowest BCUT2D eigenvalue weighted by molar-refractivity contribution is -0.120. The smallest absolute Gasteiger partial charge is 0.241 e. The molecular weight excluding hydrogens is 344 g/mol. The molecule has 1 atom stereocenters. The number of methoxy groups -OCH3 is 1. The summed E-state index contributed by atoms with van der Waals surface area (Å²) < 4.78 is 6.62. The summed E-state index contributed by atoms with van der Waals surface area (Å²) in [5, 5.41) is 6.43. The van der Waals surface area contributed by atoms with E-state index in [4.69, 9.17) is 4.74 Å². The predicted molar refractivity (Wildman–Crippen MR) is 109 cm³/mol. The molecule has 0 fully saturated rings. The largest absolute Gasteiger partial charge is 0.495 e. The van der Waals surface area contributed by atoms with E-state index >= 15 is 0 Å². The highest BCUT2D eigenvalue weighted by molar-refractivity contribution is 7.17. The number of ether oxygens (including phenoxy) is 1. The minimum Gasteiger partial charge on any atom is -0.495 e. The number of nitrogens with zero attached hydrogens (tertiary/aromatic N) is 1. The van der Waals surface area contributed by atoms with Crippen LogP contribution in [0.5, 0.6) is 5.75 Å². The first-order valence-corrected chi connectivity index (χ1v) is 9.48. The Bertz CT molecular complexity index is 919. The zero-order chi connectivity index (χ0) is 18.7. The third kappa shape index (κ3) is 3.89. The standard InChI is InChI=1S/C21H24N2O2S/c1-14-9-10-19(25-4)18(11-14)22-21(24)15(2)23(3)12-16-13-26-20-8-6-5-7-17(16)20/h5-11,13,15H,12H2,1-4H3,(H,22,24). The zero-order valence-electron chi connectivity index (χ0n) is 15.6. The van der Waals surface area contributed by atoms with Crippen molar-refractivity contribution in [3.05, 3.63) is 59.0 Å². The third-order valence-electron chi connectivity index (χ3n) is 4.63. The Labute approximate surface area is 158 Å². The quantitative estimate of drug-likeness (QED) is 0.687. The van der Waals surface area contributed by atoms with Crippen molar-refractivity contribution < 1.29 is 9.53 Å². The maximum Gasteiger partial charge on any atom is 0.241 e. The maximum absolute atomic E-state index is 12.7. The van der Waals surface area contributed by atoms with Crippen LogP contribution >= 0.6 is 11.3 Å². The summed E-state index contributed by atoms with van der Waals surface area (Å²) in [7, 11) is 3.59. The molecule has 0 saturated heterocycles. The first kappa shape index (κ1) is 18.4. The van der Waals surface area contributed by atoms with Crippen LogP contribution in [0.4, 0.5) is 5.69 Å². The Morgan fingerprint density at radius 1 is 1.27 bits per heavy atom. The van der Waals surface area contributed by atoms with E-state index in [1.54, 1.807) is 18.4 Å². The highest BCUT2D eigenvalue weighted by Gasteiger charge is 2.20. The SMILES string of the molecule is COc1ccc(C)cc1NC(=O)C(C)N(C)Cc1csc2ccccc12. The van der Waals surface area contributed by atoms with Crippen LogP contribution < -0.4 is 10.1 Å². The molecule has 0 aliphatic rings. The lowest BCUT2D eigenvalue weighted by Gasteiger charge is -2.24. The van der Waals surface area contributed by atoms with Crippen LogP contribution in [0.2, 0.25) is 0 Å². The molecule has 1 N–H and O–H groups in total. The average Bonchev–Trinajstić information content (AvgIpc) is 3.04. The molecule has 1 unspecified atom stereocenters. The van der Waals surface area contributed by atoms with Gasteiger partial charge in [-0.05, 0) is 61.0 Å². The van der Waals surface area contributed by atoms with Crippen molar-refractivity contribution in [3.8, 4) is 5.75 Å². The molecule has 3 rings (SSSR count). The summed E-state index contributed by atoms with van der Waals surface area (Å²) in [6.07, 6.45) is 0. The number of hydrogen-bond acceptors (Lipinski definition) is 4. The minimum absolute atomic E-state index is 0.0454. The Morgan fingerprint density at radius 3 is 2.81 bits per heavy atom. The molecule has 0 radical (unpaired) electrons. The summed E-state index contributed by atoms with van der Waals surface area (Å²) in [6.45, 7) is 4.64. The number of thiophene rings is 1. The first-order valence-electron chi connectivity index (χ1n) is 8.60. The van der Waals surface area contributed by atoms with Crippen LogP contribution in [-0.2, 0) is 11.3 Å². The van der Waals surface area contributed by atoms with Gasteiger partial charge in [0.15, 0.2) is 0 Å². The van der Waals surface area contributed by atoms with Gasteiger partial charge in [-0.1, -0.05) is 24.3 Å². The lowest BCUT2D eigenvalue weighted by Crippen LogP contribution is -2.39. The number of likely N-dealkylation sites (N-methyl/N-ethyl adjacent to an activating group) is 1. The van der Waals surface area contributed by atoms with Crippen LogP contribution in [0, 0.1) is 6.92 Å². The Morgan fingerprint density at radius 2 is 2.04 bits per heavy atom. The Balaban J connectivity index is 1.71. The average molecular weight is 369 g/mol. The van der Waals surface area contributed by atoms with E-state index in [9.17, 15) is 4.79 Å². The van der Waals surface area contributed by atoms with E-state index in [2.05, 4.69) is 39.9 Å². The molecule has 136 valence electrons. The molecule has 1 heterocycles. The number of rotatable bonds is 6. The fourth-order valence-corrected chi connectivity index (χ4v) is 3.87. The van der Waals surface area contributed by atoms with Crippen molar-refractivity contribution in [2.24, 2.45) is 0 Å². The number of anilines is 1. The molecule has 1 aromatic heterocycles. The summed E-state index contributed by atoms with van der Waals surface area (Å²) in [6, 6.07) is 13.9. The Hall–Kier alpha value is -2.37. The molecule has 2 aromatic carbocycles. The number of fused-ring (bicyclic) bond motifs is 1. The first-order chi connectivity index (χ1) is 12.5. The number of carbonyl (C=O) groups is 1. The maximum atomic E-state index is 12.7. The Kier molecular flexibility index (Phi) is 5.59. The number of nitrogens with one attached hydrogen (secondary N) is 1. The summed E-state index contributed by atoms with van der Waals surface area (Å²) >= 11 is 1.74. The number of benzene rings is 2. The van der Waals surface area contributed by atoms with Gasteiger partial charge >= 0.3 is 0 Å². The second-order valence-corrected chi connectivity index (χ2v) is 7.45. The van der Waals surface area contributed by atoms with Gasteiger partial charge in [-0.2, -0.15) is 0 Å². The summed E-state index contributed by atoms with van der Waals surface area (Å²) in [4.78, 5) is 14.8. The molecule has 26 heavy (non-hydrogen) atoms. The number of aryl methyl sites for hydroxylation is 1. The van der Waals surface area contributed by atoms with Gasteiger partial charge in [-0.15, -0.1) is 11.3 Å². The normalized spacial score (nSPS) is 12.3. The molecule has 0 spiro atoms. The molecule has 5 heteroatoms. The summed E-state index contributed by atoms with van der Waals surface area (Å²) in [5.74, 6) is 0.624.